The molecule has 0 aliphatic carbocycles. The number of urea groups is 1. The normalized spacial score (nSPS) is 21.5. The number of hydrogen-bond acceptors (Lipinski definition) is 2. The monoisotopic (exact) mass is 329 g/mol. The Morgan fingerprint density at radius 2 is 1.88 bits per heavy atom. The van der Waals surface area contributed by atoms with E-state index in [9.17, 15) is 9.59 Å². The fourth-order valence-corrected chi connectivity index (χ4v) is 3.70. The zero-order valence-corrected chi connectivity index (χ0v) is 14.7. The molecule has 2 aliphatic heterocycles. The minimum absolute atomic E-state index is 0.0581. The number of carbonyl (C=O) groups excluding carboxylic acids is 2. The van der Waals surface area contributed by atoms with Crippen LogP contribution in [-0.2, 0) is 4.79 Å². The first kappa shape index (κ1) is 16.8. The highest BCUT2D eigenvalue weighted by molar-refractivity contribution is 5.96. The minimum Gasteiger partial charge on any atom is -0.338 e. The maximum atomic E-state index is 12.7. The van der Waals surface area contributed by atoms with E-state index in [1.165, 1.54) is 12.0 Å². The first-order valence-electron chi connectivity index (χ1n) is 9.02. The second kappa shape index (κ2) is 7.24. The van der Waals surface area contributed by atoms with Gasteiger partial charge in [-0.3, -0.25) is 9.69 Å². The maximum absolute atomic E-state index is 12.7. The Bertz CT molecular complexity index is 599. The van der Waals surface area contributed by atoms with E-state index in [1.54, 1.807) is 9.80 Å². The molecule has 3 amide bonds. The number of nitrogens with zero attached hydrogens (tertiary/aromatic N) is 3. The van der Waals surface area contributed by atoms with Gasteiger partial charge in [0.15, 0.2) is 0 Å². The zero-order chi connectivity index (χ0) is 17.1. The van der Waals surface area contributed by atoms with E-state index in [0.717, 1.165) is 31.5 Å². The van der Waals surface area contributed by atoms with Gasteiger partial charge in [0.25, 0.3) is 0 Å². The number of rotatable bonds is 4. The van der Waals surface area contributed by atoms with Crippen LogP contribution in [0.15, 0.2) is 24.3 Å². The van der Waals surface area contributed by atoms with Crippen molar-refractivity contribution in [2.24, 2.45) is 0 Å². The average Bonchev–Trinajstić information content (AvgIpc) is 2.96. The van der Waals surface area contributed by atoms with Crippen LogP contribution in [0.4, 0.5) is 10.5 Å². The number of benzene rings is 1. The Kier molecular flexibility index (Phi) is 5.07. The molecular weight excluding hydrogens is 302 g/mol. The highest BCUT2D eigenvalue weighted by Crippen LogP contribution is 2.23. The van der Waals surface area contributed by atoms with Gasteiger partial charge in [-0.25, -0.2) is 4.79 Å². The Morgan fingerprint density at radius 3 is 2.58 bits per heavy atom. The zero-order valence-electron chi connectivity index (χ0n) is 14.7. The van der Waals surface area contributed by atoms with E-state index in [0.29, 0.717) is 19.1 Å². The lowest BCUT2D eigenvalue weighted by Crippen LogP contribution is -2.48. The quantitative estimate of drug-likeness (QED) is 0.852. The summed E-state index contributed by atoms with van der Waals surface area (Å²) in [5.74, 6) is 0.0978. The molecule has 130 valence electrons. The van der Waals surface area contributed by atoms with Crippen molar-refractivity contribution in [3.05, 3.63) is 29.8 Å². The Hall–Kier alpha value is -2.04. The van der Waals surface area contributed by atoms with Gasteiger partial charge in [-0.15, -0.1) is 0 Å². The largest absolute Gasteiger partial charge is 0.338 e. The summed E-state index contributed by atoms with van der Waals surface area (Å²) >= 11 is 0. The van der Waals surface area contributed by atoms with E-state index < -0.39 is 0 Å². The summed E-state index contributed by atoms with van der Waals surface area (Å²) in [6.07, 6.45) is 4.36. The molecule has 2 saturated heterocycles. The second-order valence-corrected chi connectivity index (χ2v) is 6.84. The summed E-state index contributed by atoms with van der Waals surface area (Å²) in [4.78, 5) is 30.8. The average molecular weight is 329 g/mol. The topological polar surface area (TPSA) is 43.9 Å². The molecule has 1 aromatic rings. The minimum atomic E-state index is -0.0581. The molecule has 2 aliphatic rings. The third-order valence-electron chi connectivity index (χ3n) is 5.19. The maximum Gasteiger partial charge on any atom is 0.325 e. The Morgan fingerprint density at radius 1 is 1.12 bits per heavy atom. The SMILES string of the molecule is CCC1CCCCN1C(=O)CN1CCN(c2ccc(C)cc2)C1=O. The standard InChI is InChI=1S/C19H27N3O2/c1-3-16-6-4-5-11-21(16)18(23)14-20-12-13-22(19(20)24)17-9-7-15(2)8-10-17/h7-10,16H,3-6,11-14H2,1-2H3. The number of amides is 3. The van der Waals surface area contributed by atoms with Crippen molar-refractivity contribution >= 4 is 17.6 Å². The Balaban J connectivity index is 1.63. The molecule has 1 aromatic carbocycles. The molecule has 0 bridgehead atoms. The van der Waals surface area contributed by atoms with Crippen molar-refractivity contribution in [3.8, 4) is 0 Å². The van der Waals surface area contributed by atoms with Gasteiger partial charge in [0.2, 0.25) is 5.91 Å². The number of piperidine rings is 1. The van der Waals surface area contributed by atoms with E-state index in [-0.39, 0.29) is 18.5 Å². The van der Waals surface area contributed by atoms with Crippen molar-refractivity contribution in [1.29, 1.82) is 0 Å². The van der Waals surface area contributed by atoms with Crippen LogP contribution < -0.4 is 4.90 Å². The first-order chi connectivity index (χ1) is 11.6. The molecule has 5 nitrogen and oxygen atoms in total. The van der Waals surface area contributed by atoms with Crippen molar-refractivity contribution in [2.75, 3.05) is 31.1 Å². The van der Waals surface area contributed by atoms with Crippen molar-refractivity contribution in [1.82, 2.24) is 9.80 Å². The van der Waals surface area contributed by atoms with Crippen LogP contribution in [0.3, 0.4) is 0 Å². The first-order valence-corrected chi connectivity index (χ1v) is 9.02. The van der Waals surface area contributed by atoms with Crippen LogP contribution in [0.2, 0.25) is 0 Å². The summed E-state index contributed by atoms with van der Waals surface area (Å²) < 4.78 is 0. The molecule has 2 fully saturated rings. The molecule has 1 atom stereocenters. The van der Waals surface area contributed by atoms with E-state index >= 15 is 0 Å². The molecule has 0 saturated carbocycles. The highest BCUT2D eigenvalue weighted by Gasteiger charge is 2.33. The molecule has 0 spiro atoms. The van der Waals surface area contributed by atoms with Gasteiger partial charge in [-0.05, 0) is 44.7 Å². The fraction of sp³-hybridized carbons (Fsp3) is 0.579. The fourth-order valence-electron chi connectivity index (χ4n) is 3.70. The van der Waals surface area contributed by atoms with Crippen LogP contribution in [-0.4, -0.2) is 54.0 Å². The van der Waals surface area contributed by atoms with Gasteiger partial charge in [-0.2, -0.15) is 0 Å². The number of likely N-dealkylation sites (tertiary alicyclic amines) is 1. The lowest BCUT2D eigenvalue weighted by atomic mass is 10.00. The number of aryl methyl sites for hydroxylation is 1. The van der Waals surface area contributed by atoms with Gasteiger partial charge in [-0.1, -0.05) is 24.6 Å². The summed E-state index contributed by atoms with van der Waals surface area (Å²) in [6, 6.07) is 8.24. The molecule has 0 aromatic heterocycles. The van der Waals surface area contributed by atoms with E-state index in [1.807, 2.05) is 36.1 Å². The molecule has 2 heterocycles. The number of carbonyl (C=O) groups is 2. The van der Waals surface area contributed by atoms with Crippen LogP contribution in [0.5, 0.6) is 0 Å². The third kappa shape index (κ3) is 3.40. The van der Waals surface area contributed by atoms with E-state index in [4.69, 9.17) is 0 Å². The lowest BCUT2D eigenvalue weighted by Gasteiger charge is -2.36. The van der Waals surface area contributed by atoms with Crippen molar-refractivity contribution in [2.45, 2.75) is 45.6 Å². The smallest absolute Gasteiger partial charge is 0.325 e. The number of hydrogen-bond donors (Lipinski definition) is 0. The summed E-state index contributed by atoms with van der Waals surface area (Å²) in [5, 5.41) is 0. The van der Waals surface area contributed by atoms with Gasteiger partial charge < -0.3 is 9.80 Å². The molecule has 24 heavy (non-hydrogen) atoms. The highest BCUT2D eigenvalue weighted by atomic mass is 16.2. The van der Waals surface area contributed by atoms with Gasteiger partial charge in [0.1, 0.15) is 6.54 Å². The van der Waals surface area contributed by atoms with Crippen LogP contribution >= 0.6 is 0 Å². The molecule has 1 unspecified atom stereocenters. The third-order valence-corrected chi connectivity index (χ3v) is 5.19. The molecule has 3 rings (SSSR count). The van der Waals surface area contributed by atoms with Crippen LogP contribution in [0.1, 0.15) is 38.2 Å². The van der Waals surface area contributed by atoms with Crippen molar-refractivity contribution in [3.63, 3.8) is 0 Å². The van der Waals surface area contributed by atoms with Gasteiger partial charge in [0, 0.05) is 31.4 Å². The van der Waals surface area contributed by atoms with Crippen molar-refractivity contribution < 1.29 is 9.59 Å². The molecule has 0 N–H and O–H groups in total. The lowest BCUT2D eigenvalue weighted by molar-refractivity contribution is -0.135. The molecule has 0 radical (unpaired) electrons. The second-order valence-electron chi connectivity index (χ2n) is 6.84. The van der Waals surface area contributed by atoms with Crippen LogP contribution in [0, 0.1) is 6.92 Å². The summed E-state index contributed by atoms with van der Waals surface area (Å²) in [7, 11) is 0. The Labute approximate surface area is 144 Å². The molecular formula is C19H27N3O2. The predicted octanol–water partition coefficient (Wildman–Crippen LogP) is 3.03. The van der Waals surface area contributed by atoms with Gasteiger partial charge in [0.05, 0.1) is 0 Å². The summed E-state index contributed by atoms with van der Waals surface area (Å²) in [6.45, 7) is 6.47. The predicted molar refractivity (Wildman–Crippen MR) is 95.1 cm³/mol. The summed E-state index contributed by atoms with van der Waals surface area (Å²) in [5.41, 5.74) is 2.08. The number of anilines is 1. The van der Waals surface area contributed by atoms with E-state index in [2.05, 4.69) is 6.92 Å². The molecule has 5 heteroatoms. The van der Waals surface area contributed by atoms with Gasteiger partial charge >= 0.3 is 6.03 Å². The van der Waals surface area contributed by atoms with Crippen LogP contribution in [0.25, 0.3) is 0 Å².